The minimum Gasteiger partial charge on any atom is -0.496 e. The van der Waals surface area contributed by atoms with Crippen molar-refractivity contribution in [3.05, 3.63) is 94.4 Å². The predicted molar refractivity (Wildman–Crippen MR) is 148 cm³/mol. The topological polar surface area (TPSA) is 51.7 Å². The Bertz CT molecular complexity index is 1700. The number of cyclic esters (lactones) is 1. The largest absolute Gasteiger partial charge is 0.496 e. The van der Waals surface area contributed by atoms with Crippen molar-refractivity contribution in [2.45, 2.75) is 57.7 Å². The number of aromatic nitrogens is 1. The number of hydrogen-bond donors (Lipinski definition) is 0. The van der Waals surface area contributed by atoms with E-state index in [1.807, 2.05) is 32.0 Å². The number of rotatable bonds is 6. The standard InChI is InChI=1S/C32H27F7N2O3/c1-16(2)22-13-24(28(43-4)14-25(22)33)23-11-18-7-5-6-8-26(18)40-27(23)15-41-17(3)29(44-30(41)42)19-9-20(31(34,35)36)12-21(10-19)32(37,38)39/h5-14,16-17,29H,15H2,1-4H3/t17-,29-/m0/s1. The van der Waals surface area contributed by atoms with Gasteiger partial charge in [-0.15, -0.1) is 0 Å². The zero-order valence-corrected chi connectivity index (χ0v) is 24.0. The molecule has 0 aliphatic carbocycles. The van der Waals surface area contributed by atoms with Crippen LogP contribution in [0.4, 0.5) is 35.5 Å². The van der Waals surface area contributed by atoms with Crippen LogP contribution in [0.3, 0.4) is 0 Å². The van der Waals surface area contributed by atoms with E-state index in [0.717, 1.165) is 5.39 Å². The second-order valence-electron chi connectivity index (χ2n) is 10.9. The third-order valence-electron chi connectivity index (χ3n) is 7.68. The summed E-state index contributed by atoms with van der Waals surface area (Å²) in [5.74, 6) is -0.432. The fourth-order valence-electron chi connectivity index (χ4n) is 5.37. The van der Waals surface area contributed by atoms with Crippen LogP contribution in [0.2, 0.25) is 0 Å². The van der Waals surface area contributed by atoms with Crippen LogP contribution < -0.4 is 4.74 Å². The van der Waals surface area contributed by atoms with Crippen molar-refractivity contribution in [1.82, 2.24) is 9.88 Å². The summed E-state index contributed by atoms with van der Waals surface area (Å²) in [6, 6.07) is 12.0. The van der Waals surface area contributed by atoms with E-state index in [2.05, 4.69) is 0 Å². The fraction of sp³-hybridized carbons (Fsp3) is 0.312. The van der Waals surface area contributed by atoms with Gasteiger partial charge in [-0.25, -0.2) is 9.18 Å². The van der Waals surface area contributed by atoms with Gasteiger partial charge >= 0.3 is 18.4 Å². The summed E-state index contributed by atoms with van der Waals surface area (Å²) in [7, 11) is 1.39. The lowest BCUT2D eigenvalue weighted by Crippen LogP contribution is -2.32. The minimum absolute atomic E-state index is 0.0233. The number of fused-ring (bicyclic) bond motifs is 1. The highest BCUT2D eigenvalue weighted by Gasteiger charge is 2.43. The molecule has 5 rings (SSSR count). The van der Waals surface area contributed by atoms with Crippen LogP contribution in [0.5, 0.6) is 5.75 Å². The molecule has 232 valence electrons. The van der Waals surface area contributed by atoms with Crippen LogP contribution >= 0.6 is 0 Å². The van der Waals surface area contributed by atoms with Gasteiger partial charge in [0.05, 0.1) is 42.0 Å². The van der Waals surface area contributed by atoms with E-state index in [-0.39, 0.29) is 24.3 Å². The number of amides is 1. The van der Waals surface area contributed by atoms with Gasteiger partial charge < -0.3 is 9.47 Å². The normalized spacial score (nSPS) is 17.5. The summed E-state index contributed by atoms with van der Waals surface area (Å²) >= 11 is 0. The van der Waals surface area contributed by atoms with E-state index in [4.69, 9.17) is 14.5 Å². The number of hydrogen-bond acceptors (Lipinski definition) is 4. The molecule has 0 saturated carbocycles. The Morgan fingerprint density at radius 2 is 1.57 bits per heavy atom. The quantitative estimate of drug-likeness (QED) is 0.202. The highest BCUT2D eigenvalue weighted by atomic mass is 19.4. The number of carbonyl (C=O) groups is 1. The van der Waals surface area contributed by atoms with Crippen molar-refractivity contribution in [2.24, 2.45) is 0 Å². The molecule has 0 bridgehead atoms. The number of carbonyl (C=O) groups excluding carboxylic acids is 1. The molecule has 2 atom stereocenters. The monoisotopic (exact) mass is 620 g/mol. The third kappa shape index (κ3) is 5.89. The first-order valence-corrected chi connectivity index (χ1v) is 13.6. The van der Waals surface area contributed by atoms with Crippen LogP contribution in [-0.4, -0.2) is 29.1 Å². The van der Waals surface area contributed by atoms with Gasteiger partial charge in [-0.3, -0.25) is 9.88 Å². The van der Waals surface area contributed by atoms with Gasteiger partial charge in [-0.1, -0.05) is 32.0 Å². The van der Waals surface area contributed by atoms with Crippen molar-refractivity contribution < 1.29 is 45.0 Å². The van der Waals surface area contributed by atoms with Crippen LogP contribution in [0.25, 0.3) is 22.0 Å². The van der Waals surface area contributed by atoms with Crippen molar-refractivity contribution in [1.29, 1.82) is 0 Å². The summed E-state index contributed by atoms with van der Waals surface area (Å²) in [6.07, 6.45) is -12.5. The summed E-state index contributed by atoms with van der Waals surface area (Å²) in [5.41, 5.74) is -1.13. The zero-order valence-electron chi connectivity index (χ0n) is 24.0. The summed E-state index contributed by atoms with van der Waals surface area (Å²) in [4.78, 5) is 19.1. The maximum absolute atomic E-state index is 14.9. The van der Waals surface area contributed by atoms with Crippen LogP contribution in [0.1, 0.15) is 60.7 Å². The van der Waals surface area contributed by atoms with Gasteiger partial charge in [-0.2, -0.15) is 26.3 Å². The first kappa shape index (κ1) is 31.1. The van der Waals surface area contributed by atoms with Gasteiger partial charge in [0.15, 0.2) is 0 Å². The maximum Gasteiger partial charge on any atom is 0.416 e. The first-order valence-electron chi connectivity index (χ1n) is 13.6. The van der Waals surface area contributed by atoms with Gasteiger partial charge in [-0.05, 0) is 60.4 Å². The molecule has 0 spiro atoms. The van der Waals surface area contributed by atoms with Crippen molar-refractivity contribution in [2.75, 3.05) is 7.11 Å². The second kappa shape index (κ2) is 11.3. The summed E-state index contributed by atoms with van der Waals surface area (Å²) in [6.45, 7) is 4.92. The average molecular weight is 621 g/mol. The maximum atomic E-state index is 14.9. The molecule has 1 fully saturated rings. The number of para-hydroxylation sites is 1. The molecule has 1 aromatic heterocycles. The van der Waals surface area contributed by atoms with Crippen LogP contribution in [-0.2, 0) is 23.6 Å². The number of pyridine rings is 1. The van der Waals surface area contributed by atoms with Gasteiger partial charge in [0.1, 0.15) is 17.7 Å². The highest BCUT2D eigenvalue weighted by Crippen LogP contribution is 2.42. The number of nitrogens with zero attached hydrogens (tertiary/aromatic N) is 2. The molecular weight excluding hydrogens is 593 g/mol. The molecule has 1 aliphatic rings. The molecule has 1 aliphatic heterocycles. The number of methoxy groups -OCH3 is 1. The molecular formula is C32H27F7N2O3. The fourth-order valence-corrected chi connectivity index (χ4v) is 5.37. The molecule has 12 heteroatoms. The average Bonchev–Trinajstić information content (AvgIpc) is 3.23. The second-order valence-corrected chi connectivity index (χ2v) is 10.9. The number of benzene rings is 3. The van der Waals surface area contributed by atoms with E-state index in [0.29, 0.717) is 40.0 Å². The number of alkyl halides is 6. The Labute approximate surface area is 248 Å². The molecule has 0 radical (unpaired) electrons. The van der Waals surface area contributed by atoms with E-state index >= 15 is 0 Å². The Hall–Kier alpha value is -4.35. The molecule has 44 heavy (non-hydrogen) atoms. The van der Waals surface area contributed by atoms with Gasteiger partial charge in [0.25, 0.3) is 0 Å². The van der Waals surface area contributed by atoms with Crippen molar-refractivity contribution in [3.8, 4) is 16.9 Å². The predicted octanol–water partition coefficient (Wildman–Crippen LogP) is 9.29. The molecule has 4 aromatic rings. The zero-order chi connectivity index (χ0) is 32.1. The summed E-state index contributed by atoms with van der Waals surface area (Å²) < 4.78 is 107. The van der Waals surface area contributed by atoms with E-state index in [1.165, 1.54) is 25.0 Å². The SMILES string of the molecule is COc1cc(F)c(C(C)C)cc1-c1cc2ccccc2nc1CN1C(=O)O[C@H](c2cc(C(F)(F)F)cc(C(F)(F)F)c2)[C@@H]1C. The Kier molecular flexibility index (Phi) is 7.98. The van der Waals surface area contributed by atoms with Crippen LogP contribution in [0.15, 0.2) is 60.7 Å². The minimum atomic E-state index is -5.06. The van der Waals surface area contributed by atoms with E-state index in [1.54, 1.807) is 18.2 Å². The van der Waals surface area contributed by atoms with Gasteiger partial charge in [0, 0.05) is 22.6 Å². The Morgan fingerprint density at radius 3 is 2.16 bits per heavy atom. The molecule has 0 unspecified atom stereocenters. The number of halogens is 7. The van der Waals surface area contributed by atoms with Crippen molar-refractivity contribution in [3.63, 3.8) is 0 Å². The highest BCUT2D eigenvalue weighted by molar-refractivity contribution is 5.87. The van der Waals surface area contributed by atoms with Gasteiger partial charge in [0.2, 0.25) is 0 Å². The Morgan fingerprint density at radius 1 is 0.932 bits per heavy atom. The van der Waals surface area contributed by atoms with Crippen LogP contribution in [0, 0.1) is 5.82 Å². The lowest BCUT2D eigenvalue weighted by Gasteiger charge is -2.24. The Balaban J connectivity index is 1.60. The van der Waals surface area contributed by atoms with E-state index < -0.39 is 53.1 Å². The molecule has 3 aromatic carbocycles. The summed E-state index contributed by atoms with van der Waals surface area (Å²) in [5, 5.41) is 0.738. The lowest BCUT2D eigenvalue weighted by molar-refractivity contribution is -0.143. The molecule has 5 nitrogen and oxygen atoms in total. The molecule has 2 heterocycles. The number of ether oxygens (including phenoxy) is 2. The lowest BCUT2D eigenvalue weighted by atomic mass is 9.93. The molecule has 0 N–H and O–H groups in total. The van der Waals surface area contributed by atoms with E-state index in [9.17, 15) is 35.5 Å². The third-order valence-corrected chi connectivity index (χ3v) is 7.68. The molecule has 1 amide bonds. The molecule has 1 saturated heterocycles. The van der Waals surface area contributed by atoms with Crippen molar-refractivity contribution >= 4 is 17.0 Å². The smallest absolute Gasteiger partial charge is 0.416 e. The first-order chi connectivity index (χ1) is 20.6.